The number of carbonyl (C=O) groups is 1. The molecule has 0 aromatic carbocycles. The number of carbonyl (C=O) groups excluding carboxylic acids is 1. The Morgan fingerprint density at radius 3 is 3.08 bits per heavy atom. The molecule has 0 fully saturated rings. The molecule has 0 spiro atoms. The molecule has 0 saturated carbocycles. The highest BCUT2D eigenvalue weighted by Crippen LogP contribution is 1.87. The van der Waals surface area contributed by atoms with Gasteiger partial charge < -0.3 is 11.1 Å². The number of amides is 1. The molecule has 1 amide bonds. The lowest BCUT2D eigenvalue weighted by molar-refractivity contribution is -0.122. The third-order valence-corrected chi connectivity index (χ3v) is 1.59. The summed E-state index contributed by atoms with van der Waals surface area (Å²) in [6, 6.07) is -0.466. The maximum absolute atomic E-state index is 11.1. The summed E-state index contributed by atoms with van der Waals surface area (Å²) in [5.41, 5.74) is 5.48. The Labute approximate surface area is 75.1 Å². The van der Waals surface area contributed by atoms with Gasteiger partial charge in [0.1, 0.15) is 0 Å². The lowest BCUT2D eigenvalue weighted by Gasteiger charge is -2.07. The molecule has 0 saturated heterocycles. The average molecular weight is 184 g/mol. The summed E-state index contributed by atoms with van der Waals surface area (Å²) in [6.07, 6.45) is 0.609. The highest BCUT2D eigenvalue weighted by Gasteiger charge is 2.10. The van der Waals surface area contributed by atoms with E-state index in [1.165, 1.54) is 0 Å². The number of rotatable bonds is 4. The molecule has 0 bridgehead atoms. The SMILES string of the molecule is CC[C@H](N)C(=O)NCc1nn[nH]n1. The van der Waals surface area contributed by atoms with Gasteiger partial charge in [0.05, 0.1) is 12.6 Å². The maximum atomic E-state index is 11.1. The van der Waals surface area contributed by atoms with Gasteiger partial charge in [-0.15, -0.1) is 10.2 Å². The van der Waals surface area contributed by atoms with E-state index in [0.717, 1.165) is 0 Å². The molecule has 72 valence electrons. The van der Waals surface area contributed by atoms with Crippen LogP contribution < -0.4 is 11.1 Å². The van der Waals surface area contributed by atoms with E-state index in [2.05, 4.69) is 25.9 Å². The van der Waals surface area contributed by atoms with Crippen molar-refractivity contribution in [2.45, 2.75) is 25.9 Å². The Bertz CT molecular complexity index is 258. The molecular weight excluding hydrogens is 172 g/mol. The van der Waals surface area contributed by atoms with E-state index in [9.17, 15) is 4.79 Å². The Balaban J connectivity index is 2.31. The lowest BCUT2D eigenvalue weighted by atomic mass is 10.2. The molecule has 7 nitrogen and oxygen atoms in total. The molecule has 1 atom stereocenters. The van der Waals surface area contributed by atoms with Gasteiger partial charge in [-0.3, -0.25) is 4.79 Å². The molecule has 0 radical (unpaired) electrons. The number of hydrogen-bond donors (Lipinski definition) is 3. The second kappa shape index (κ2) is 4.51. The summed E-state index contributed by atoms with van der Waals surface area (Å²) in [5.74, 6) is 0.240. The molecule has 0 unspecified atom stereocenters. The van der Waals surface area contributed by atoms with Crippen LogP contribution in [0.3, 0.4) is 0 Å². The van der Waals surface area contributed by atoms with Crippen LogP contribution in [0.4, 0.5) is 0 Å². The van der Waals surface area contributed by atoms with Crippen molar-refractivity contribution < 1.29 is 4.79 Å². The number of aromatic amines is 1. The topological polar surface area (TPSA) is 110 Å². The van der Waals surface area contributed by atoms with Gasteiger partial charge in [-0.2, -0.15) is 5.21 Å². The zero-order valence-electron chi connectivity index (χ0n) is 7.32. The molecule has 4 N–H and O–H groups in total. The zero-order chi connectivity index (χ0) is 9.68. The number of H-pyrrole nitrogens is 1. The van der Waals surface area contributed by atoms with E-state index in [4.69, 9.17) is 5.73 Å². The Kier molecular flexibility index (Phi) is 3.32. The van der Waals surface area contributed by atoms with Crippen molar-refractivity contribution in [3.8, 4) is 0 Å². The fraction of sp³-hybridized carbons (Fsp3) is 0.667. The van der Waals surface area contributed by atoms with Crippen molar-refractivity contribution in [3.63, 3.8) is 0 Å². The van der Waals surface area contributed by atoms with Gasteiger partial charge >= 0.3 is 0 Å². The van der Waals surface area contributed by atoms with Crippen LogP contribution in [0.2, 0.25) is 0 Å². The minimum atomic E-state index is -0.466. The first-order chi connectivity index (χ1) is 6.24. The third-order valence-electron chi connectivity index (χ3n) is 1.59. The number of aromatic nitrogens is 4. The Hall–Kier alpha value is -1.50. The summed E-state index contributed by atoms with van der Waals surface area (Å²) in [4.78, 5) is 11.1. The zero-order valence-corrected chi connectivity index (χ0v) is 7.32. The van der Waals surface area contributed by atoms with Gasteiger partial charge in [0.2, 0.25) is 5.91 Å². The van der Waals surface area contributed by atoms with Crippen molar-refractivity contribution >= 4 is 5.91 Å². The smallest absolute Gasteiger partial charge is 0.237 e. The molecule has 7 heteroatoms. The molecule has 1 aromatic heterocycles. The van der Waals surface area contributed by atoms with Crippen LogP contribution in [0.1, 0.15) is 19.2 Å². The van der Waals surface area contributed by atoms with Gasteiger partial charge in [-0.25, -0.2) is 0 Å². The summed E-state index contributed by atoms with van der Waals surface area (Å²) >= 11 is 0. The van der Waals surface area contributed by atoms with Gasteiger partial charge in [0.15, 0.2) is 5.82 Å². The number of tetrazole rings is 1. The number of nitrogens with zero attached hydrogens (tertiary/aromatic N) is 3. The predicted octanol–water partition coefficient (Wildman–Crippen LogP) is -1.45. The van der Waals surface area contributed by atoms with E-state index < -0.39 is 6.04 Å². The number of nitrogens with one attached hydrogen (secondary N) is 2. The molecule has 1 aromatic rings. The van der Waals surface area contributed by atoms with E-state index in [0.29, 0.717) is 12.2 Å². The summed E-state index contributed by atoms with van der Waals surface area (Å²) < 4.78 is 0. The van der Waals surface area contributed by atoms with Crippen LogP contribution in [-0.2, 0) is 11.3 Å². The summed E-state index contributed by atoms with van der Waals surface area (Å²) in [6.45, 7) is 2.10. The predicted molar refractivity (Wildman–Crippen MR) is 44.3 cm³/mol. The molecule has 0 aliphatic carbocycles. The second-order valence-corrected chi connectivity index (χ2v) is 2.56. The lowest BCUT2D eigenvalue weighted by Crippen LogP contribution is -2.39. The third kappa shape index (κ3) is 2.79. The summed E-state index contributed by atoms with van der Waals surface area (Å²) in [5, 5.41) is 15.6. The molecule has 0 aliphatic rings. The summed E-state index contributed by atoms with van der Waals surface area (Å²) in [7, 11) is 0. The van der Waals surface area contributed by atoms with Crippen molar-refractivity contribution in [1.82, 2.24) is 25.9 Å². The molecule has 1 heterocycles. The van der Waals surface area contributed by atoms with E-state index >= 15 is 0 Å². The number of nitrogens with two attached hydrogens (primary N) is 1. The fourth-order valence-corrected chi connectivity index (χ4v) is 0.740. The van der Waals surface area contributed by atoms with Crippen molar-refractivity contribution in [2.75, 3.05) is 0 Å². The molecule has 0 aliphatic heterocycles. The number of hydrogen-bond acceptors (Lipinski definition) is 5. The van der Waals surface area contributed by atoms with Gasteiger partial charge in [-0.05, 0) is 6.42 Å². The maximum Gasteiger partial charge on any atom is 0.237 e. The van der Waals surface area contributed by atoms with Crippen molar-refractivity contribution in [3.05, 3.63) is 5.82 Å². The van der Waals surface area contributed by atoms with Crippen LogP contribution in [0.15, 0.2) is 0 Å². The van der Waals surface area contributed by atoms with E-state index in [1.807, 2.05) is 6.92 Å². The minimum Gasteiger partial charge on any atom is -0.347 e. The van der Waals surface area contributed by atoms with Crippen molar-refractivity contribution in [1.29, 1.82) is 0 Å². The quantitative estimate of drug-likeness (QED) is 0.530. The highest BCUT2D eigenvalue weighted by molar-refractivity contribution is 5.81. The minimum absolute atomic E-state index is 0.202. The Morgan fingerprint density at radius 2 is 2.54 bits per heavy atom. The van der Waals surface area contributed by atoms with Crippen LogP contribution in [-0.4, -0.2) is 32.6 Å². The standard InChI is InChI=1S/C6H12N6O/c1-2-4(7)6(13)8-3-5-9-11-12-10-5/h4H,2-3,7H2,1H3,(H,8,13)(H,9,10,11,12)/t4-/m0/s1. The second-order valence-electron chi connectivity index (χ2n) is 2.56. The van der Waals surface area contributed by atoms with Crippen molar-refractivity contribution in [2.24, 2.45) is 5.73 Å². The van der Waals surface area contributed by atoms with Crippen LogP contribution in [0.5, 0.6) is 0 Å². The van der Waals surface area contributed by atoms with Crippen LogP contribution in [0.25, 0.3) is 0 Å². The highest BCUT2D eigenvalue weighted by atomic mass is 16.2. The molecular formula is C6H12N6O. The average Bonchev–Trinajstić information content (AvgIpc) is 2.65. The van der Waals surface area contributed by atoms with Gasteiger partial charge in [0, 0.05) is 0 Å². The Morgan fingerprint density at radius 1 is 1.77 bits per heavy atom. The first-order valence-electron chi connectivity index (χ1n) is 3.99. The normalized spacial score (nSPS) is 12.5. The first kappa shape index (κ1) is 9.59. The van der Waals surface area contributed by atoms with E-state index in [1.54, 1.807) is 0 Å². The first-order valence-corrected chi connectivity index (χ1v) is 3.99. The van der Waals surface area contributed by atoms with Gasteiger partial charge in [-0.1, -0.05) is 12.1 Å². The van der Waals surface area contributed by atoms with E-state index in [-0.39, 0.29) is 12.5 Å². The van der Waals surface area contributed by atoms with Crippen LogP contribution in [0, 0.1) is 0 Å². The molecule has 13 heavy (non-hydrogen) atoms. The molecule has 1 rings (SSSR count). The monoisotopic (exact) mass is 184 g/mol. The van der Waals surface area contributed by atoms with Crippen LogP contribution >= 0.6 is 0 Å². The van der Waals surface area contributed by atoms with Gasteiger partial charge in [0.25, 0.3) is 0 Å². The largest absolute Gasteiger partial charge is 0.347 e. The fourth-order valence-electron chi connectivity index (χ4n) is 0.740.